The number of aryl methyl sites for hydroxylation is 2. The molecule has 0 saturated heterocycles. The topological polar surface area (TPSA) is 12.0 Å². The van der Waals surface area contributed by atoms with Crippen LogP contribution < -0.4 is 5.32 Å². The van der Waals surface area contributed by atoms with E-state index in [0.717, 1.165) is 18.9 Å². The molecule has 1 N–H and O–H groups in total. The van der Waals surface area contributed by atoms with Crippen molar-refractivity contribution < 1.29 is 0 Å². The Kier molecular flexibility index (Phi) is 7.15. The van der Waals surface area contributed by atoms with Gasteiger partial charge in [0.05, 0.1) is 0 Å². The average molecular weight is 261 g/mol. The van der Waals surface area contributed by atoms with Gasteiger partial charge in [-0.25, -0.2) is 0 Å². The second-order valence-electron chi connectivity index (χ2n) is 6.02. The third-order valence-corrected chi connectivity index (χ3v) is 4.12. The van der Waals surface area contributed by atoms with Gasteiger partial charge in [-0.15, -0.1) is 0 Å². The molecule has 0 heterocycles. The van der Waals surface area contributed by atoms with Gasteiger partial charge in [-0.2, -0.15) is 0 Å². The summed E-state index contributed by atoms with van der Waals surface area (Å²) in [5.74, 6) is 0.806. The van der Waals surface area contributed by atoms with Crippen LogP contribution in [0, 0.1) is 19.8 Å². The maximum absolute atomic E-state index is 3.72. The summed E-state index contributed by atoms with van der Waals surface area (Å²) < 4.78 is 0. The molecule has 0 aromatic heterocycles. The van der Waals surface area contributed by atoms with Crippen LogP contribution in [0.25, 0.3) is 0 Å². The largest absolute Gasteiger partial charge is 0.314 e. The van der Waals surface area contributed by atoms with E-state index in [-0.39, 0.29) is 0 Å². The number of hydrogen-bond donors (Lipinski definition) is 1. The number of rotatable bonds is 8. The van der Waals surface area contributed by atoms with Gasteiger partial charge in [0.25, 0.3) is 0 Å². The third kappa shape index (κ3) is 5.78. The second kappa shape index (κ2) is 8.37. The van der Waals surface area contributed by atoms with E-state index in [1.807, 2.05) is 0 Å². The van der Waals surface area contributed by atoms with E-state index in [2.05, 4.69) is 58.1 Å². The molecule has 0 amide bonds. The van der Waals surface area contributed by atoms with Crippen molar-refractivity contribution in [2.45, 2.75) is 66.3 Å². The van der Waals surface area contributed by atoms with E-state index < -0.39 is 0 Å². The second-order valence-corrected chi connectivity index (χ2v) is 6.02. The molecule has 1 nitrogen and oxygen atoms in total. The van der Waals surface area contributed by atoms with Crippen molar-refractivity contribution in [2.75, 3.05) is 6.54 Å². The van der Waals surface area contributed by atoms with Crippen molar-refractivity contribution in [1.29, 1.82) is 0 Å². The molecular weight excluding hydrogens is 230 g/mol. The molecule has 0 radical (unpaired) electrons. The molecule has 19 heavy (non-hydrogen) atoms. The summed E-state index contributed by atoms with van der Waals surface area (Å²) in [6.45, 7) is 12.4. The summed E-state index contributed by atoms with van der Waals surface area (Å²) in [7, 11) is 0. The quantitative estimate of drug-likeness (QED) is 0.718. The van der Waals surface area contributed by atoms with Crippen LogP contribution in [0.15, 0.2) is 18.2 Å². The third-order valence-electron chi connectivity index (χ3n) is 4.12. The highest BCUT2D eigenvalue weighted by Crippen LogP contribution is 2.16. The van der Waals surface area contributed by atoms with Crippen LogP contribution in [-0.2, 0) is 6.42 Å². The summed E-state index contributed by atoms with van der Waals surface area (Å²) in [5.41, 5.74) is 4.28. The van der Waals surface area contributed by atoms with E-state index in [1.54, 1.807) is 0 Å². The summed E-state index contributed by atoms with van der Waals surface area (Å²) >= 11 is 0. The zero-order chi connectivity index (χ0) is 14.3. The minimum absolute atomic E-state index is 0.622. The fourth-order valence-electron chi connectivity index (χ4n) is 2.45. The van der Waals surface area contributed by atoms with Gasteiger partial charge in [-0.05, 0) is 62.3 Å². The van der Waals surface area contributed by atoms with E-state index in [0.29, 0.717) is 6.04 Å². The van der Waals surface area contributed by atoms with Crippen LogP contribution in [0.1, 0.15) is 56.7 Å². The molecule has 0 spiro atoms. The highest BCUT2D eigenvalue weighted by atomic mass is 14.9. The van der Waals surface area contributed by atoms with Crippen LogP contribution in [0.5, 0.6) is 0 Å². The van der Waals surface area contributed by atoms with Gasteiger partial charge in [0.2, 0.25) is 0 Å². The average Bonchev–Trinajstić information content (AvgIpc) is 2.40. The Morgan fingerprint density at radius 2 is 1.84 bits per heavy atom. The summed E-state index contributed by atoms with van der Waals surface area (Å²) in [6.07, 6.45) is 4.93. The molecule has 1 aromatic carbocycles. The molecule has 0 aliphatic carbocycles. The Morgan fingerprint density at radius 3 is 2.42 bits per heavy atom. The number of benzene rings is 1. The first-order chi connectivity index (χ1) is 9.06. The maximum atomic E-state index is 3.72. The predicted molar refractivity (Wildman–Crippen MR) is 85.8 cm³/mol. The van der Waals surface area contributed by atoms with E-state index in [9.17, 15) is 0 Å². The first-order valence-electron chi connectivity index (χ1n) is 7.86. The summed E-state index contributed by atoms with van der Waals surface area (Å²) in [4.78, 5) is 0. The first kappa shape index (κ1) is 16.2. The molecule has 0 aliphatic heterocycles. The Hall–Kier alpha value is -0.820. The van der Waals surface area contributed by atoms with Crippen molar-refractivity contribution in [1.82, 2.24) is 5.32 Å². The number of hydrogen-bond acceptors (Lipinski definition) is 1. The van der Waals surface area contributed by atoms with Crippen molar-refractivity contribution >= 4 is 0 Å². The van der Waals surface area contributed by atoms with Gasteiger partial charge >= 0.3 is 0 Å². The lowest BCUT2D eigenvalue weighted by molar-refractivity contribution is 0.391. The minimum atomic E-state index is 0.622. The molecule has 1 rings (SSSR count). The SMILES string of the molecule is CCCNC(Cc1ccc(C)c(C)c1)CC(C)CC. The Morgan fingerprint density at radius 1 is 1.11 bits per heavy atom. The van der Waals surface area contributed by atoms with Crippen LogP contribution in [-0.4, -0.2) is 12.6 Å². The molecule has 2 atom stereocenters. The van der Waals surface area contributed by atoms with Crippen LogP contribution in [0.2, 0.25) is 0 Å². The highest BCUT2D eigenvalue weighted by Gasteiger charge is 2.12. The lowest BCUT2D eigenvalue weighted by Gasteiger charge is -2.22. The fourth-order valence-corrected chi connectivity index (χ4v) is 2.45. The molecule has 1 aromatic rings. The van der Waals surface area contributed by atoms with Gasteiger partial charge < -0.3 is 5.32 Å². The molecule has 108 valence electrons. The first-order valence-corrected chi connectivity index (χ1v) is 7.86. The van der Waals surface area contributed by atoms with Crippen molar-refractivity contribution in [3.8, 4) is 0 Å². The molecule has 1 heteroatoms. The van der Waals surface area contributed by atoms with Crippen molar-refractivity contribution in [2.24, 2.45) is 5.92 Å². The maximum Gasteiger partial charge on any atom is 0.0110 e. The zero-order valence-electron chi connectivity index (χ0n) is 13.4. The normalized spacial score (nSPS) is 14.4. The number of nitrogens with one attached hydrogen (secondary N) is 1. The molecule has 0 bridgehead atoms. The van der Waals surface area contributed by atoms with E-state index >= 15 is 0 Å². The molecule has 2 unspecified atom stereocenters. The van der Waals surface area contributed by atoms with Crippen molar-refractivity contribution in [3.05, 3.63) is 34.9 Å². The van der Waals surface area contributed by atoms with E-state index in [4.69, 9.17) is 0 Å². The highest BCUT2D eigenvalue weighted by molar-refractivity contribution is 5.30. The summed E-state index contributed by atoms with van der Waals surface area (Å²) in [5, 5.41) is 3.72. The lowest BCUT2D eigenvalue weighted by Crippen LogP contribution is -2.33. The van der Waals surface area contributed by atoms with Gasteiger partial charge in [0.1, 0.15) is 0 Å². The van der Waals surface area contributed by atoms with Gasteiger partial charge in [0, 0.05) is 6.04 Å². The van der Waals surface area contributed by atoms with Gasteiger partial charge in [-0.3, -0.25) is 0 Å². The van der Waals surface area contributed by atoms with Gasteiger partial charge in [-0.1, -0.05) is 45.4 Å². The lowest BCUT2D eigenvalue weighted by atomic mass is 9.93. The summed E-state index contributed by atoms with van der Waals surface area (Å²) in [6, 6.07) is 7.52. The smallest absolute Gasteiger partial charge is 0.0110 e. The molecule has 0 fully saturated rings. The standard InChI is InChI=1S/C18H31N/c1-6-10-19-18(11-14(3)7-2)13-17-9-8-15(4)16(5)12-17/h8-9,12,14,18-19H,6-7,10-11,13H2,1-5H3. The van der Waals surface area contributed by atoms with Crippen molar-refractivity contribution in [3.63, 3.8) is 0 Å². The molecule has 0 saturated carbocycles. The van der Waals surface area contributed by atoms with E-state index in [1.165, 1.54) is 36.0 Å². The van der Waals surface area contributed by atoms with Gasteiger partial charge in [0.15, 0.2) is 0 Å². The molecule has 0 aliphatic rings. The predicted octanol–water partition coefficient (Wildman–Crippen LogP) is 4.65. The Bertz CT molecular complexity index is 370. The Labute approximate surface area is 119 Å². The van der Waals surface area contributed by atoms with Crippen LogP contribution in [0.4, 0.5) is 0 Å². The monoisotopic (exact) mass is 261 g/mol. The van der Waals surface area contributed by atoms with Crippen LogP contribution >= 0.6 is 0 Å². The Balaban J connectivity index is 2.66. The van der Waals surface area contributed by atoms with Crippen LogP contribution in [0.3, 0.4) is 0 Å². The zero-order valence-corrected chi connectivity index (χ0v) is 13.4. The minimum Gasteiger partial charge on any atom is -0.314 e. The fraction of sp³-hybridized carbons (Fsp3) is 0.667. The molecular formula is C18H31N.